The molecule has 0 aromatic carbocycles. The molecule has 0 fully saturated rings. The average Bonchev–Trinajstić information content (AvgIpc) is 2.96. The van der Waals surface area contributed by atoms with Gasteiger partial charge in [0.15, 0.2) is 6.29 Å². The van der Waals surface area contributed by atoms with Gasteiger partial charge in [-0.2, -0.15) is 0 Å². The number of aldehydes is 1. The number of pyridine rings is 1. The number of rotatable bonds is 2. The summed E-state index contributed by atoms with van der Waals surface area (Å²) in [6, 6.07) is 1.85. The van der Waals surface area contributed by atoms with Gasteiger partial charge in [0, 0.05) is 17.8 Å². The number of aromatic nitrogens is 4. The molecule has 0 aliphatic heterocycles. The number of carbonyl (C=O) groups excluding carboxylic acids is 1. The molecule has 3 aromatic heterocycles. The zero-order valence-electron chi connectivity index (χ0n) is 9.21. The van der Waals surface area contributed by atoms with Gasteiger partial charge in [0.1, 0.15) is 5.69 Å². The zero-order chi connectivity index (χ0) is 11.8. The second-order valence-electron chi connectivity index (χ2n) is 3.84. The largest absolute Gasteiger partial charge is 0.359 e. The predicted octanol–water partition coefficient (Wildman–Crippen LogP) is 1.87. The first-order valence-electron chi connectivity index (χ1n) is 5.22. The number of aromatic amines is 1. The van der Waals surface area contributed by atoms with Crippen molar-refractivity contribution in [3.63, 3.8) is 0 Å². The SMILES string of the molecule is Cc1cn(-c2cnc(C=O)c3cc[nH]c23)cn1. The maximum absolute atomic E-state index is 10.9. The van der Waals surface area contributed by atoms with Crippen LogP contribution in [0.1, 0.15) is 16.2 Å². The molecule has 0 amide bonds. The van der Waals surface area contributed by atoms with Gasteiger partial charge in [-0.25, -0.2) is 4.98 Å². The summed E-state index contributed by atoms with van der Waals surface area (Å²) in [5.41, 5.74) is 3.15. The minimum Gasteiger partial charge on any atom is -0.359 e. The lowest BCUT2D eigenvalue weighted by molar-refractivity contribution is 0.112. The van der Waals surface area contributed by atoms with Crippen LogP contribution in [0.4, 0.5) is 0 Å². The van der Waals surface area contributed by atoms with E-state index in [-0.39, 0.29) is 0 Å². The van der Waals surface area contributed by atoms with E-state index in [1.165, 1.54) is 0 Å². The molecule has 5 nitrogen and oxygen atoms in total. The summed E-state index contributed by atoms with van der Waals surface area (Å²) in [7, 11) is 0. The molecule has 0 spiro atoms. The molecule has 0 atom stereocenters. The minimum absolute atomic E-state index is 0.446. The van der Waals surface area contributed by atoms with Gasteiger partial charge in [-0.3, -0.25) is 9.78 Å². The quantitative estimate of drug-likeness (QED) is 0.678. The van der Waals surface area contributed by atoms with Crippen LogP contribution < -0.4 is 0 Å². The van der Waals surface area contributed by atoms with Gasteiger partial charge in [-0.15, -0.1) is 0 Å². The van der Waals surface area contributed by atoms with Gasteiger partial charge in [0.05, 0.1) is 29.4 Å². The molecule has 0 saturated heterocycles. The Morgan fingerprint density at radius 2 is 2.29 bits per heavy atom. The van der Waals surface area contributed by atoms with Gasteiger partial charge in [0.2, 0.25) is 0 Å². The summed E-state index contributed by atoms with van der Waals surface area (Å²) in [6.07, 6.45) is 7.88. The van der Waals surface area contributed by atoms with E-state index in [4.69, 9.17) is 0 Å². The molecule has 0 unspecified atom stereocenters. The minimum atomic E-state index is 0.446. The lowest BCUT2D eigenvalue weighted by Crippen LogP contribution is -1.96. The molecule has 0 aliphatic carbocycles. The number of aryl methyl sites for hydroxylation is 1. The van der Waals surface area contributed by atoms with Gasteiger partial charge in [-0.1, -0.05) is 0 Å². The van der Waals surface area contributed by atoms with Crippen LogP contribution in [0.2, 0.25) is 0 Å². The fourth-order valence-electron chi connectivity index (χ4n) is 1.90. The molecule has 0 aliphatic rings. The maximum atomic E-state index is 10.9. The van der Waals surface area contributed by atoms with Gasteiger partial charge >= 0.3 is 0 Å². The number of nitrogens with one attached hydrogen (secondary N) is 1. The van der Waals surface area contributed by atoms with E-state index >= 15 is 0 Å². The molecule has 3 rings (SSSR count). The highest BCUT2D eigenvalue weighted by molar-refractivity contribution is 5.98. The number of nitrogens with zero attached hydrogens (tertiary/aromatic N) is 3. The smallest absolute Gasteiger partial charge is 0.169 e. The number of H-pyrrole nitrogens is 1. The van der Waals surface area contributed by atoms with Crippen LogP contribution in [0.15, 0.2) is 31.0 Å². The molecule has 0 saturated carbocycles. The van der Waals surface area contributed by atoms with Crippen molar-refractivity contribution in [2.24, 2.45) is 0 Å². The molecular formula is C12H10N4O. The van der Waals surface area contributed by atoms with E-state index in [1.807, 2.05) is 23.8 Å². The number of fused-ring (bicyclic) bond motifs is 1. The van der Waals surface area contributed by atoms with Crippen LogP contribution in [0.25, 0.3) is 16.6 Å². The summed E-state index contributed by atoms with van der Waals surface area (Å²) in [6.45, 7) is 1.93. The summed E-state index contributed by atoms with van der Waals surface area (Å²) >= 11 is 0. The molecular weight excluding hydrogens is 216 g/mol. The zero-order valence-corrected chi connectivity index (χ0v) is 9.21. The van der Waals surface area contributed by atoms with Crippen molar-refractivity contribution in [3.8, 4) is 5.69 Å². The molecule has 5 heteroatoms. The third kappa shape index (κ3) is 1.44. The lowest BCUT2D eigenvalue weighted by atomic mass is 10.2. The van der Waals surface area contributed by atoms with Crippen molar-refractivity contribution in [3.05, 3.63) is 42.4 Å². The van der Waals surface area contributed by atoms with Crippen LogP contribution in [0, 0.1) is 6.92 Å². The first-order valence-corrected chi connectivity index (χ1v) is 5.22. The Morgan fingerprint density at radius 3 is 3.00 bits per heavy atom. The van der Waals surface area contributed by atoms with Crippen molar-refractivity contribution in [2.45, 2.75) is 6.92 Å². The molecule has 84 valence electrons. The Morgan fingerprint density at radius 1 is 1.41 bits per heavy atom. The third-order valence-electron chi connectivity index (χ3n) is 2.71. The van der Waals surface area contributed by atoms with E-state index in [0.717, 1.165) is 28.6 Å². The fraction of sp³-hybridized carbons (Fsp3) is 0.0833. The Balaban J connectivity index is 2.31. The normalized spacial score (nSPS) is 10.9. The van der Waals surface area contributed by atoms with Crippen molar-refractivity contribution in [1.29, 1.82) is 0 Å². The maximum Gasteiger partial charge on any atom is 0.169 e. The lowest BCUT2D eigenvalue weighted by Gasteiger charge is -2.04. The highest BCUT2D eigenvalue weighted by atomic mass is 16.1. The van der Waals surface area contributed by atoms with Crippen molar-refractivity contribution < 1.29 is 4.79 Å². The van der Waals surface area contributed by atoms with Crippen molar-refractivity contribution in [1.82, 2.24) is 19.5 Å². The van der Waals surface area contributed by atoms with Crippen molar-refractivity contribution >= 4 is 17.2 Å². The first-order chi connectivity index (χ1) is 8.29. The van der Waals surface area contributed by atoms with E-state index in [0.29, 0.717) is 5.69 Å². The molecule has 1 N–H and O–H groups in total. The monoisotopic (exact) mass is 226 g/mol. The Kier molecular flexibility index (Phi) is 2.04. The van der Waals surface area contributed by atoms with E-state index in [1.54, 1.807) is 18.7 Å². The van der Waals surface area contributed by atoms with Gasteiger partial charge in [-0.05, 0) is 13.0 Å². The summed E-state index contributed by atoms with van der Waals surface area (Å²) in [5.74, 6) is 0. The molecule has 0 bridgehead atoms. The van der Waals surface area contributed by atoms with Crippen molar-refractivity contribution in [2.75, 3.05) is 0 Å². The van der Waals surface area contributed by atoms with E-state index in [9.17, 15) is 4.79 Å². The summed E-state index contributed by atoms with van der Waals surface area (Å²) < 4.78 is 1.88. The second kappa shape index (κ2) is 3.55. The number of carbonyl (C=O) groups is 1. The molecule has 3 heterocycles. The highest BCUT2D eigenvalue weighted by Gasteiger charge is 2.09. The predicted molar refractivity (Wildman–Crippen MR) is 63.3 cm³/mol. The highest BCUT2D eigenvalue weighted by Crippen LogP contribution is 2.21. The summed E-state index contributed by atoms with van der Waals surface area (Å²) in [4.78, 5) is 22.3. The van der Waals surface area contributed by atoms with Crippen LogP contribution in [0.5, 0.6) is 0 Å². The Hall–Kier alpha value is -2.43. The third-order valence-corrected chi connectivity index (χ3v) is 2.71. The number of hydrogen-bond acceptors (Lipinski definition) is 3. The van der Waals surface area contributed by atoms with Crippen LogP contribution in [-0.4, -0.2) is 25.8 Å². The standard InChI is InChI=1S/C12H10N4O/c1-8-5-16(7-15-8)11-4-14-10(6-17)9-2-3-13-12(9)11/h2-7,13H,1H3. The second-order valence-corrected chi connectivity index (χ2v) is 3.84. The van der Waals surface area contributed by atoms with Crippen LogP contribution in [0.3, 0.4) is 0 Å². The Bertz CT molecular complexity index is 695. The first kappa shape index (κ1) is 9.77. The molecule has 0 radical (unpaired) electrons. The molecule has 3 aromatic rings. The van der Waals surface area contributed by atoms with Gasteiger partial charge in [0.25, 0.3) is 0 Å². The Labute approximate surface area is 97.1 Å². The van der Waals surface area contributed by atoms with E-state index in [2.05, 4.69) is 15.0 Å². The number of hydrogen-bond donors (Lipinski definition) is 1. The number of imidazole rings is 1. The van der Waals surface area contributed by atoms with Crippen LogP contribution >= 0.6 is 0 Å². The summed E-state index contributed by atoms with van der Waals surface area (Å²) in [5, 5.41) is 0.823. The van der Waals surface area contributed by atoms with Gasteiger partial charge < -0.3 is 9.55 Å². The van der Waals surface area contributed by atoms with E-state index < -0.39 is 0 Å². The molecule has 17 heavy (non-hydrogen) atoms. The average molecular weight is 226 g/mol. The van der Waals surface area contributed by atoms with Crippen LogP contribution in [-0.2, 0) is 0 Å². The topological polar surface area (TPSA) is 63.6 Å². The fourth-order valence-corrected chi connectivity index (χ4v) is 1.90.